The van der Waals surface area contributed by atoms with Crippen LogP contribution < -0.4 is 10.5 Å². The third-order valence-corrected chi connectivity index (χ3v) is 3.63. The van der Waals surface area contributed by atoms with E-state index in [1.165, 1.54) is 32.0 Å². The zero-order valence-corrected chi connectivity index (χ0v) is 14.9. The molecule has 10 heteroatoms. The molecule has 0 bridgehead atoms. The molecular weight excluding hydrogens is 381 g/mol. The molecule has 0 aromatic heterocycles. The number of primary amides is 1. The lowest BCUT2D eigenvalue weighted by atomic mass is 9.96. The maximum atomic E-state index is 13.5. The number of nitrogens with two attached hydrogens (primary N) is 1. The van der Waals surface area contributed by atoms with Crippen molar-refractivity contribution in [1.29, 1.82) is 0 Å². The molecule has 7 nitrogen and oxygen atoms in total. The van der Waals surface area contributed by atoms with Gasteiger partial charge in [-0.15, -0.1) is 0 Å². The molecule has 28 heavy (non-hydrogen) atoms. The molecule has 1 amide bonds. The molecule has 0 radical (unpaired) electrons. The number of benzene rings is 2. The van der Waals surface area contributed by atoms with Crippen LogP contribution in [0.25, 0.3) is 0 Å². The van der Waals surface area contributed by atoms with E-state index in [1.807, 2.05) is 0 Å². The second kappa shape index (κ2) is 7.75. The van der Waals surface area contributed by atoms with Crippen LogP contribution >= 0.6 is 0 Å². The van der Waals surface area contributed by atoms with Crippen LogP contribution in [0.4, 0.5) is 23.7 Å². The molecule has 0 fully saturated rings. The molecule has 0 saturated heterocycles. The normalized spacial score (nSPS) is 11.8. The zero-order valence-electron chi connectivity index (χ0n) is 14.9. The first kappa shape index (κ1) is 21.0. The lowest BCUT2D eigenvalue weighted by Gasteiger charge is -2.24. The number of alkyl halides is 3. The molecule has 0 saturated carbocycles. The Morgan fingerprint density at radius 3 is 2.25 bits per heavy atom. The predicted molar refractivity (Wildman–Crippen MR) is 93.1 cm³/mol. The smallest absolute Gasteiger partial charge is 0.419 e. The molecule has 0 aliphatic heterocycles. The molecule has 0 aliphatic rings. The Bertz CT molecular complexity index is 880. The quantitative estimate of drug-likeness (QED) is 0.555. The minimum atomic E-state index is -4.71. The van der Waals surface area contributed by atoms with Gasteiger partial charge < -0.3 is 15.2 Å². The average molecular weight is 398 g/mol. The number of carbonyl (C=O) groups is 1. The first-order chi connectivity index (χ1) is 12.9. The lowest BCUT2D eigenvalue weighted by Crippen LogP contribution is -2.33. The SMILES string of the molecule is CC(C)(Cc1ccc(Oc2ccc([N+](=O)[O-])cc2)c(C(F)(F)F)c1)OC(N)=O. The van der Waals surface area contributed by atoms with E-state index in [2.05, 4.69) is 0 Å². The van der Waals surface area contributed by atoms with E-state index in [0.29, 0.717) is 0 Å². The van der Waals surface area contributed by atoms with Gasteiger partial charge >= 0.3 is 12.3 Å². The maximum Gasteiger partial charge on any atom is 0.419 e. The summed E-state index contributed by atoms with van der Waals surface area (Å²) in [5, 5.41) is 10.7. The van der Waals surface area contributed by atoms with Crippen molar-refractivity contribution in [3.63, 3.8) is 0 Å². The highest BCUT2D eigenvalue weighted by molar-refractivity contribution is 5.65. The van der Waals surface area contributed by atoms with E-state index in [4.69, 9.17) is 15.2 Å². The Morgan fingerprint density at radius 2 is 1.75 bits per heavy atom. The van der Waals surface area contributed by atoms with Gasteiger partial charge in [-0.05, 0) is 43.7 Å². The van der Waals surface area contributed by atoms with Crippen molar-refractivity contribution in [2.24, 2.45) is 5.73 Å². The minimum Gasteiger partial charge on any atom is -0.457 e. The fourth-order valence-electron chi connectivity index (χ4n) is 2.56. The fourth-order valence-corrected chi connectivity index (χ4v) is 2.56. The first-order valence-electron chi connectivity index (χ1n) is 7.98. The highest BCUT2D eigenvalue weighted by Gasteiger charge is 2.35. The Balaban J connectivity index is 2.32. The highest BCUT2D eigenvalue weighted by atomic mass is 19.4. The minimum absolute atomic E-state index is 0.00314. The highest BCUT2D eigenvalue weighted by Crippen LogP contribution is 2.39. The van der Waals surface area contributed by atoms with E-state index < -0.39 is 34.1 Å². The van der Waals surface area contributed by atoms with Crippen LogP contribution in [0.2, 0.25) is 0 Å². The van der Waals surface area contributed by atoms with Crippen molar-refractivity contribution < 1.29 is 32.4 Å². The summed E-state index contributed by atoms with van der Waals surface area (Å²) in [6.45, 7) is 3.04. The first-order valence-corrected chi connectivity index (χ1v) is 7.98. The number of nitro groups is 1. The van der Waals surface area contributed by atoms with E-state index in [9.17, 15) is 28.1 Å². The number of nitrogens with zero attached hydrogens (tertiary/aromatic N) is 1. The fraction of sp³-hybridized carbons (Fsp3) is 0.278. The van der Waals surface area contributed by atoms with Crippen molar-refractivity contribution in [3.05, 3.63) is 63.7 Å². The van der Waals surface area contributed by atoms with Gasteiger partial charge in [-0.1, -0.05) is 6.07 Å². The molecule has 0 aliphatic carbocycles. The molecule has 0 unspecified atom stereocenters. The molecule has 2 N–H and O–H groups in total. The summed E-state index contributed by atoms with van der Waals surface area (Å²) in [5.74, 6) is -0.444. The molecule has 2 rings (SSSR count). The number of hydrogen-bond donors (Lipinski definition) is 1. The Kier molecular flexibility index (Phi) is 5.81. The molecule has 150 valence electrons. The molecule has 0 heterocycles. The van der Waals surface area contributed by atoms with Crippen LogP contribution in [0.5, 0.6) is 11.5 Å². The van der Waals surface area contributed by atoms with Crippen molar-refractivity contribution in [2.75, 3.05) is 0 Å². The van der Waals surface area contributed by atoms with Crippen molar-refractivity contribution >= 4 is 11.8 Å². The van der Waals surface area contributed by atoms with Gasteiger partial charge in [-0.25, -0.2) is 4.79 Å². The number of non-ortho nitro benzene ring substituents is 1. The van der Waals surface area contributed by atoms with E-state index in [0.717, 1.165) is 24.3 Å². The summed E-state index contributed by atoms with van der Waals surface area (Å²) < 4.78 is 50.6. The third-order valence-electron chi connectivity index (χ3n) is 3.63. The van der Waals surface area contributed by atoms with Crippen LogP contribution in [0, 0.1) is 10.1 Å². The van der Waals surface area contributed by atoms with Crippen molar-refractivity contribution in [2.45, 2.75) is 32.0 Å². The number of carbonyl (C=O) groups excluding carboxylic acids is 1. The molecule has 2 aromatic carbocycles. The maximum absolute atomic E-state index is 13.5. The van der Waals surface area contributed by atoms with Gasteiger partial charge in [0.1, 0.15) is 17.1 Å². The van der Waals surface area contributed by atoms with Crippen LogP contribution in [0.3, 0.4) is 0 Å². The summed E-state index contributed by atoms with van der Waals surface area (Å²) in [6, 6.07) is 8.10. The van der Waals surface area contributed by atoms with Gasteiger partial charge in [0.15, 0.2) is 0 Å². The van der Waals surface area contributed by atoms with E-state index in [1.54, 1.807) is 0 Å². The van der Waals surface area contributed by atoms with E-state index in [-0.39, 0.29) is 23.4 Å². The topological polar surface area (TPSA) is 105 Å². The largest absolute Gasteiger partial charge is 0.457 e. The molecule has 0 spiro atoms. The molecule has 0 atom stereocenters. The summed E-state index contributed by atoms with van der Waals surface area (Å²) >= 11 is 0. The summed E-state index contributed by atoms with van der Waals surface area (Å²) in [6.07, 6.45) is -5.74. The second-order valence-corrected chi connectivity index (χ2v) is 6.54. The number of amides is 1. The monoisotopic (exact) mass is 398 g/mol. The lowest BCUT2D eigenvalue weighted by molar-refractivity contribution is -0.384. The Morgan fingerprint density at radius 1 is 1.14 bits per heavy atom. The van der Waals surface area contributed by atoms with Crippen LogP contribution in [0.1, 0.15) is 25.0 Å². The van der Waals surface area contributed by atoms with Gasteiger partial charge in [0.25, 0.3) is 5.69 Å². The van der Waals surface area contributed by atoms with Crippen molar-refractivity contribution in [3.8, 4) is 11.5 Å². The summed E-state index contributed by atoms with van der Waals surface area (Å²) in [5.41, 5.74) is 2.88. The number of nitro benzene ring substituents is 1. The summed E-state index contributed by atoms with van der Waals surface area (Å²) in [7, 11) is 0. The Hall–Kier alpha value is -3.30. The molecular formula is C18H17F3N2O5. The number of halogens is 3. The zero-order chi connectivity index (χ0) is 21.1. The standard InChI is InChI=1S/C18H17F3N2O5/c1-17(2,28-16(22)24)10-11-3-8-15(14(9-11)18(19,20)21)27-13-6-4-12(5-7-13)23(25)26/h3-9H,10H2,1-2H3,(H2,22,24). The van der Waals surface area contributed by atoms with Gasteiger partial charge in [0, 0.05) is 18.6 Å². The molecule has 2 aromatic rings. The second-order valence-electron chi connectivity index (χ2n) is 6.54. The number of ether oxygens (including phenoxy) is 2. The summed E-state index contributed by atoms with van der Waals surface area (Å²) in [4.78, 5) is 20.9. The van der Waals surface area contributed by atoms with Gasteiger partial charge in [0.2, 0.25) is 0 Å². The number of rotatable bonds is 6. The van der Waals surface area contributed by atoms with Gasteiger partial charge in [-0.2, -0.15) is 13.2 Å². The Labute approximate surface area is 158 Å². The number of hydrogen-bond acceptors (Lipinski definition) is 5. The van der Waals surface area contributed by atoms with Crippen LogP contribution in [-0.4, -0.2) is 16.6 Å². The van der Waals surface area contributed by atoms with Crippen molar-refractivity contribution in [1.82, 2.24) is 0 Å². The third kappa shape index (κ3) is 5.60. The average Bonchev–Trinajstić information content (AvgIpc) is 2.54. The van der Waals surface area contributed by atoms with E-state index >= 15 is 0 Å². The predicted octanol–water partition coefficient (Wildman–Crippen LogP) is 4.82. The van der Waals surface area contributed by atoms with Crippen LogP contribution in [-0.2, 0) is 17.3 Å². The van der Waals surface area contributed by atoms with Gasteiger partial charge in [-0.3, -0.25) is 10.1 Å². The van der Waals surface area contributed by atoms with Crippen LogP contribution in [0.15, 0.2) is 42.5 Å². The van der Waals surface area contributed by atoms with Gasteiger partial charge in [0.05, 0.1) is 10.5 Å².